The molecule has 1 aromatic carbocycles. The van der Waals surface area contributed by atoms with E-state index in [0.29, 0.717) is 19.6 Å². The molecule has 0 aliphatic carbocycles. The fourth-order valence-corrected chi connectivity index (χ4v) is 3.41. The molecule has 1 aromatic heterocycles. The van der Waals surface area contributed by atoms with Gasteiger partial charge in [0.2, 0.25) is 5.95 Å². The van der Waals surface area contributed by atoms with E-state index >= 15 is 0 Å². The quantitative estimate of drug-likeness (QED) is 0.849. The summed E-state index contributed by atoms with van der Waals surface area (Å²) in [6.45, 7) is 7.93. The number of Topliss-reactive ketones (excluding diaryl/α,β-unsaturated/α-hetero) is 1. The number of benzene rings is 1. The second-order valence-electron chi connectivity index (χ2n) is 6.71. The molecule has 0 unspecified atom stereocenters. The topological polar surface area (TPSA) is 81.3 Å². The number of hydrogen-bond donors (Lipinski definition) is 1. The summed E-state index contributed by atoms with van der Waals surface area (Å²) < 4.78 is 5.85. The van der Waals surface area contributed by atoms with Crippen molar-refractivity contribution in [2.75, 3.05) is 30.4 Å². The van der Waals surface area contributed by atoms with Crippen molar-refractivity contribution in [2.45, 2.75) is 39.7 Å². The van der Waals surface area contributed by atoms with Crippen LogP contribution in [0.2, 0.25) is 0 Å². The average Bonchev–Trinajstić information content (AvgIpc) is 2.86. The molecule has 1 fully saturated rings. The van der Waals surface area contributed by atoms with Gasteiger partial charge in [-0.1, -0.05) is 19.1 Å². The fourth-order valence-electron chi connectivity index (χ4n) is 3.41. The van der Waals surface area contributed by atoms with Crippen LogP contribution in [0, 0.1) is 13.8 Å². The Kier molecular flexibility index (Phi) is 5.52. The highest BCUT2D eigenvalue weighted by Gasteiger charge is 2.27. The molecule has 6 heteroatoms. The molecule has 6 nitrogen and oxygen atoms in total. The number of ether oxygens (including phenoxy) is 1. The monoisotopic (exact) mass is 354 g/mol. The van der Waals surface area contributed by atoms with Gasteiger partial charge in [0.05, 0.1) is 12.6 Å². The van der Waals surface area contributed by atoms with Crippen LogP contribution in [-0.2, 0) is 4.74 Å². The molecule has 0 saturated carbocycles. The maximum absolute atomic E-state index is 12.2. The fraction of sp³-hybridized carbons (Fsp3) is 0.450. The van der Waals surface area contributed by atoms with Crippen molar-refractivity contribution in [1.82, 2.24) is 9.97 Å². The highest BCUT2D eigenvalue weighted by molar-refractivity contribution is 5.96. The van der Waals surface area contributed by atoms with Crippen LogP contribution in [0.5, 0.6) is 0 Å². The van der Waals surface area contributed by atoms with E-state index in [-0.39, 0.29) is 17.8 Å². The van der Waals surface area contributed by atoms with Crippen molar-refractivity contribution in [3.63, 3.8) is 0 Å². The molecule has 0 bridgehead atoms. The van der Waals surface area contributed by atoms with Gasteiger partial charge < -0.3 is 15.4 Å². The van der Waals surface area contributed by atoms with Crippen molar-refractivity contribution in [3.8, 4) is 0 Å². The molecule has 2 aromatic rings. The Morgan fingerprint density at radius 1 is 1.31 bits per heavy atom. The van der Waals surface area contributed by atoms with Crippen molar-refractivity contribution < 1.29 is 9.53 Å². The minimum Gasteiger partial charge on any atom is -0.379 e. The van der Waals surface area contributed by atoms with Crippen molar-refractivity contribution >= 4 is 17.5 Å². The Labute approximate surface area is 154 Å². The zero-order valence-electron chi connectivity index (χ0n) is 15.7. The van der Waals surface area contributed by atoms with Gasteiger partial charge in [-0.3, -0.25) is 4.79 Å². The van der Waals surface area contributed by atoms with E-state index in [9.17, 15) is 4.79 Å². The Hall–Kier alpha value is -2.47. The maximum atomic E-state index is 12.2. The van der Waals surface area contributed by atoms with Crippen LogP contribution in [0.4, 0.5) is 11.8 Å². The summed E-state index contributed by atoms with van der Waals surface area (Å²) in [5, 5.41) is 0. The van der Waals surface area contributed by atoms with Gasteiger partial charge in [0, 0.05) is 36.9 Å². The highest BCUT2D eigenvalue weighted by atomic mass is 16.5. The van der Waals surface area contributed by atoms with Crippen LogP contribution in [0.15, 0.2) is 24.3 Å². The highest BCUT2D eigenvalue weighted by Crippen LogP contribution is 2.31. The Morgan fingerprint density at radius 3 is 2.85 bits per heavy atom. The lowest BCUT2D eigenvalue weighted by molar-refractivity contribution is 0.0987. The van der Waals surface area contributed by atoms with Crippen LogP contribution >= 0.6 is 0 Å². The van der Waals surface area contributed by atoms with Gasteiger partial charge in [-0.25, -0.2) is 4.98 Å². The summed E-state index contributed by atoms with van der Waals surface area (Å²) in [7, 11) is 0. The number of rotatable bonds is 4. The van der Waals surface area contributed by atoms with Crippen LogP contribution in [0.3, 0.4) is 0 Å². The Balaban J connectivity index is 2.06. The number of nitrogen functional groups attached to an aromatic ring is 1. The second-order valence-corrected chi connectivity index (χ2v) is 6.71. The number of nitrogens with zero attached hydrogens (tertiary/aromatic N) is 3. The molecule has 0 spiro atoms. The number of nitrogens with two attached hydrogens (primary N) is 1. The molecule has 2 N–H and O–H groups in total. The van der Waals surface area contributed by atoms with Gasteiger partial charge >= 0.3 is 0 Å². The first-order chi connectivity index (χ1) is 12.5. The lowest BCUT2D eigenvalue weighted by Crippen LogP contribution is -2.32. The van der Waals surface area contributed by atoms with Gasteiger partial charge in [0.1, 0.15) is 5.82 Å². The van der Waals surface area contributed by atoms with E-state index in [1.54, 1.807) is 0 Å². The molecule has 1 atom stereocenters. The van der Waals surface area contributed by atoms with Crippen molar-refractivity contribution in [3.05, 3.63) is 46.6 Å². The first-order valence-corrected chi connectivity index (χ1v) is 9.09. The summed E-state index contributed by atoms with van der Waals surface area (Å²) in [6, 6.07) is 7.85. The van der Waals surface area contributed by atoms with Crippen molar-refractivity contribution in [2.24, 2.45) is 0 Å². The third-order valence-electron chi connectivity index (χ3n) is 4.77. The van der Waals surface area contributed by atoms with Gasteiger partial charge in [-0.15, -0.1) is 0 Å². The zero-order valence-corrected chi connectivity index (χ0v) is 15.7. The second kappa shape index (κ2) is 7.83. The normalized spacial score (nSPS) is 17.8. The Bertz CT molecular complexity index is 786. The molecule has 1 saturated heterocycles. The minimum absolute atomic E-state index is 0.0178. The maximum Gasteiger partial charge on any atom is 0.222 e. The minimum atomic E-state index is -0.0178. The van der Waals surface area contributed by atoms with Crippen LogP contribution < -0.4 is 10.6 Å². The van der Waals surface area contributed by atoms with Gasteiger partial charge in [0.25, 0.3) is 0 Å². The van der Waals surface area contributed by atoms with E-state index in [1.807, 2.05) is 38.1 Å². The SMILES string of the molecule is CCC(=O)c1ccc(C)c([C@@H]2COCCCN2c2cc(C)nc(N)n2)c1. The first-order valence-electron chi connectivity index (χ1n) is 9.09. The predicted molar refractivity (Wildman–Crippen MR) is 103 cm³/mol. The number of carbonyl (C=O) groups excluding carboxylic acids is 1. The van der Waals surface area contributed by atoms with E-state index in [0.717, 1.165) is 41.2 Å². The lowest BCUT2D eigenvalue weighted by Gasteiger charge is -2.32. The van der Waals surface area contributed by atoms with Gasteiger partial charge in [-0.05, 0) is 37.5 Å². The molecule has 26 heavy (non-hydrogen) atoms. The summed E-state index contributed by atoms with van der Waals surface area (Å²) in [5.41, 5.74) is 9.69. The van der Waals surface area contributed by atoms with E-state index in [4.69, 9.17) is 10.5 Å². The number of anilines is 2. The van der Waals surface area contributed by atoms with Crippen LogP contribution in [0.1, 0.15) is 53.0 Å². The third-order valence-corrected chi connectivity index (χ3v) is 4.77. The van der Waals surface area contributed by atoms with E-state index in [2.05, 4.69) is 21.8 Å². The molecule has 0 radical (unpaired) electrons. The van der Waals surface area contributed by atoms with Crippen molar-refractivity contribution in [1.29, 1.82) is 0 Å². The molecular weight excluding hydrogens is 328 g/mol. The smallest absolute Gasteiger partial charge is 0.222 e. The molecule has 1 aliphatic rings. The van der Waals surface area contributed by atoms with Gasteiger partial charge in [-0.2, -0.15) is 4.98 Å². The third kappa shape index (κ3) is 3.85. The average molecular weight is 354 g/mol. The van der Waals surface area contributed by atoms with E-state index in [1.165, 1.54) is 0 Å². The molecule has 1 aliphatic heterocycles. The summed E-state index contributed by atoms with van der Waals surface area (Å²) in [5.74, 6) is 1.22. The number of ketones is 1. The Morgan fingerprint density at radius 2 is 2.12 bits per heavy atom. The van der Waals surface area contributed by atoms with Gasteiger partial charge in [0.15, 0.2) is 5.78 Å². The largest absolute Gasteiger partial charge is 0.379 e. The molecular formula is C20H26N4O2. The molecule has 138 valence electrons. The number of hydrogen-bond acceptors (Lipinski definition) is 6. The van der Waals surface area contributed by atoms with Crippen LogP contribution in [-0.4, -0.2) is 35.5 Å². The molecule has 3 rings (SSSR count). The number of aryl methyl sites for hydroxylation is 2. The summed E-state index contributed by atoms with van der Waals surface area (Å²) in [6.07, 6.45) is 1.40. The predicted octanol–water partition coefficient (Wildman–Crippen LogP) is 3.24. The standard InChI is InChI=1S/C20H26N4O2/c1-4-18(25)15-7-6-13(2)16(11-15)17-12-26-9-5-8-24(17)19-10-14(3)22-20(21)23-19/h6-7,10-11,17H,4-5,8-9,12H2,1-3H3,(H2,21,22,23)/t17-/m0/s1. The van der Waals surface area contributed by atoms with E-state index < -0.39 is 0 Å². The first kappa shape index (κ1) is 18.3. The summed E-state index contributed by atoms with van der Waals surface area (Å²) in [4.78, 5) is 23.0. The molecule has 2 heterocycles. The number of carbonyl (C=O) groups is 1. The summed E-state index contributed by atoms with van der Waals surface area (Å²) >= 11 is 0. The van der Waals surface area contributed by atoms with Crippen LogP contribution in [0.25, 0.3) is 0 Å². The zero-order chi connectivity index (χ0) is 18.7. The lowest BCUT2D eigenvalue weighted by atomic mass is 9.95. The molecule has 0 amide bonds. The number of aromatic nitrogens is 2.